The van der Waals surface area contributed by atoms with E-state index in [-0.39, 0.29) is 5.56 Å². The maximum absolute atomic E-state index is 12.2. The van der Waals surface area contributed by atoms with Gasteiger partial charge in [-0.05, 0) is 12.1 Å². The molecule has 2 rings (SSSR count). The lowest BCUT2D eigenvalue weighted by Crippen LogP contribution is -2.62. The highest BCUT2D eigenvalue weighted by molar-refractivity contribution is 7.88. The van der Waals surface area contributed by atoms with Gasteiger partial charge in [0.05, 0.1) is 17.9 Å². The van der Waals surface area contributed by atoms with Crippen molar-refractivity contribution >= 4 is 27.9 Å². The minimum atomic E-state index is -4.05. The lowest BCUT2D eigenvalue weighted by Gasteiger charge is -2.31. The average molecular weight is 440 g/mol. The van der Waals surface area contributed by atoms with E-state index < -0.39 is 58.6 Å². The van der Waals surface area contributed by atoms with Crippen molar-refractivity contribution < 1.29 is 41.7 Å². The van der Waals surface area contributed by atoms with Crippen molar-refractivity contribution in [3.63, 3.8) is 0 Å². The third kappa shape index (κ3) is 5.53. The summed E-state index contributed by atoms with van der Waals surface area (Å²) in [5, 5.41) is 9.84. The van der Waals surface area contributed by atoms with E-state index in [9.17, 15) is 28.1 Å². The number of ether oxygens (including phenoxy) is 4. The molecule has 1 heterocycles. The molecule has 0 radical (unpaired) electrons. The van der Waals surface area contributed by atoms with E-state index in [1.165, 1.54) is 12.1 Å². The number of hydrogen-bond acceptors (Lipinski definition) is 10. The number of sulfonamides is 1. The van der Waals surface area contributed by atoms with Crippen LogP contribution in [0.4, 0.5) is 0 Å². The minimum absolute atomic E-state index is 0.210. The quantitative estimate of drug-likeness (QED) is 0.447. The van der Waals surface area contributed by atoms with Crippen LogP contribution in [0.15, 0.2) is 30.3 Å². The molecule has 1 fully saturated rings. The van der Waals surface area contributed by atoms with Gasteiger partial charge >= 0.3 is 17.9 Å². The Kier molecular flexibility index (Phi) is 7.14. The minimum Gasteiger partial charge on any atom is -0.459 e. The van der Waals surface area contributed by atoms with E-state index >= 15 is 0 Å². The first-order valence-electron chi connectivity index (χ1n) is 8.61. The fourth-order valence-corrected chi connectivity index (χ4v) is 3.79. The number of nitriles is 1. The number of carbonyl (C=O) groups is 3. The van der Waals surface area contributed by atoms with Gasteiger partial charge in [0.1, 0.15) is 12.7 Å². The Bertz CT molecular complexity index is 958. The molecule has 11 nitrogen and oxygen atoms in total. The first kappa shape index (κ1) is 23.3. The molecule has 1 aliphatic rings. The normalized spacial score (nSPS) is 25.7. The number of hydrogen-bond donors (Lipinski definition) is 1. The van der Waals surface area contributed by atoms with Crippen molar-refractivity contribution in [2.75, 3.05) is 12.9 Å². The van der Waals surface area contributed by atoms with Crippen LogP contribution in [0.1, 0.15) is 24.2 Å². The van der Waals surface area contributed by atoms with Crippen molar-refractivity contribution in [1.29, 1.82) is 5.26 Å². The molecule has 0 amide bonds. The van der Waals surface area contributed by atoms with Crippen molar-refractivity contribution in [1.82, 2.24) is 4.72 Å². The maximum Gasteiger partial charge on any atom is 0.338 e. The summed E-state index contributed by atoms with van der Waals surface area (Å²) in [7, 11) is -4.05. The fraction of sp³-hybridized carbons (Fsp3) is 0.444. The monoisotopic (exact) mass is 440 g/mol. The molecule has 0 spiro atoms. The van der Waals surface area contributed by atoms with Crippen LogP contribution >= 0.6 is 0 Å². The summed E-state index contributed by atoms with van der Waals surface area (Å²) in [5.41, 5.74) is -2.02. The van der Waals surface area contributed by atoms with Gasteiger partial charge in [-0.15, -0.1) is 0 Å². The molecular weight excluding hydrogens is 420 g/mol. The molecule has 1 aromatic rings. The fourth-order valence-electron chi connectivity index (χ4n) is 2.89. The van der Waals surface area contributed by atoms with E-state index in [2.05, 4.69) is 4.72 Å². The number of esters is 3. The Morgan fingerprint density at radius 2 is 1.77 bits per heavy atom. The zero-order valence-electron chi connectivity index (χ0n) is 16.4. The molecular formula is C18H20N2O9S. The largest absolute Gasteiger partial charge is 0.459 e. The van der Waals surface area contributed by atoms with Crippen LogP contribution in [0.3, 0.4) is 0 Å². The van der Waals surface area contributed by atoms with E-state index in [1.54, 1.807) is 24.3 Å². The van der Waals surface area contributed by atoms with E-state index in [1.807, 2.05) is 0 Å². The predicted octanol–water partition coefficient (Wildman–Crippen LogP) is -0.125. The van der Waals surface area contributed by atoms with Crippen molar-refractivity contribution in [2.45, 2.75) is 37.9 Å². The molecule has 1 aliphatic heterocycles. The summed E-state index contributed by atoms with van der Waals surface area (Å²) in [4.78, 5) is 35.2. The molecule has 0 bridgehead atoms. The van der Waals surface area contributed by atoms with Crippen LogP contribution in [0.2, 0.25) is 0 Å². The van der Waals surface area contributed by atoms with Crippen LogP contribution in [-0.2, 0) is 38.6 Å². The second-order valence-corrected chi connectivity index (χ2v) is 8.20. The lowest BCUT2D eigenvalue weighted by molar-refractivity contribution is -0.195. The molecule has 30 heavy (non-hydrogen) atoms. The van der Waals surface area contributed by atoms with Gasteiger partial charge in [-0.1, -0.05) is 18.2 Å². The summed E-state index contributed by atoms with van der Waals surface area (Å²) in [5.74, 6) is -2.46. The van der Waals surface area contributed by atoms with Crippen LogP contribution in [-0.4, -0.2) is 63.2 Å². The van der Waals surface area contributed by atoms with Crippen LogP contribution < -0.4 is 4.72 Å². The second kappa shape index (κ2) is 9.21. The van der Waals surface area contributed by atoms with Gasteiger partial charge in [-0.3, -0.25) is 9.59 Å². The topological polar surface area (TPSA) is 158 Å². The van der Waals surface area contributed by atoms with Crippen LogP contribution in [0, 0.1) is 11.3 Å². The standard InChI is InChI=1S/C18H20N2O9S/c1-11(21)27-15-17(28-12(2)22)29-14(18(15,10-19)20-30(3,24)25)9-26-16(23)13-7-5-4-6-8-13/h4-8,14-15,17,20H,9H2,1-3H3/t14-,15+,17+,18-/m1/s1. The van der Waals surface area contributed by atoms with Crippen molar-refractivity contribution in [2.24, 2.45) is 0 Å². The smallest absolute Gasteiger partial charge is 0.338 e. The summed E-state index contributed by atoms with van der Waals surface area (Å²) in [6.45, 7) is 1.48. The van der Waals surface area contributed by atoms with Crippen molar-refractivity contribution in [3.8, 4) is 6.07 Å². The Labute approximate surface area is 172 Å². The number of nitrogens with one attached hydrogen (secondary N) is 1. The number of benzene rings is 1. The molecule has 0 saturated carbocycles. The van der Waals surface area contributed by atoms with E-state index in [0.29, 0.717) is 0 Å². The molecule has 0 aromatic heterocycles. The highest BCUT2D eigenvalue weighted by Crippen LogP contribution is 2.35. The predicted molar refractivity (Wildman–Crippen MR) is 99.0 cm³/mol. The zero-order valence-corrected chi connectivity index (χ0v) is 17.2. The molecule has 162 valence electrons. The van der Waals surface area contributed by atoms with Gasteiger partial charge < -0.3 is 18.9 Å². The molecule has 1 saturated heterocycles. The average Bonchev–Trinajstić information content (AvgIpc) is 2.91. The molecule has 12 heteroatoms. The summed E-state index contributed by atoms with van der Waals surface area (Å²) in [6, 6.07) is 9.64. The van der Waals surface area contributed by atoms with Gasteiger partial charge in [-0.25, -0.2) is 13.2 Å². The molecule has 4 atom stereocenters. The zero-order chi connectivity index (χ0) is 22.5. The first-order chi connectivity index (χ1) is 14.0. The number of nitrogens with zero attached hydrogens (tertiary/aromatic N) is 1. The highest BCUT2D eigenvalue weighted by atomic mass is 32.2. The van der Waals surface area contributed by atoms with Gasteiger partial charge in [0.25, 0.3) is 0 Å². The summed E-state index contributed by atoms with van der Waals surface area (Å²) in [6.07, 6.45) is -3.94. The lowest BCUT2D eigenvalue weighted by atomic mass is 9.91. The van der Waals surface area contributed by atoms with Crippen LogP contribution in [0.25, 0.3) is 0 Å². The van der Waals surface area contributed by atoms with Crippen LogP contribution in [0.5, 0.6) is 0 Å². The van der Waals surface area contributed by atoms with Gasteiger partial charge in [0.15, 0.2) is 11.6 Å². The number of rotatable bonds is 7. The Morgan fingerprint density at radius 3 is 2.27 bits per heavy atom. The third-order valence-electron chi connectivity index (χ3n) is 3.99. The van der Waals surface area contributed by atoms with Gasteiger partial charge in [0, 0.05) is 13.8 Å². The number of carbonyl (C=O) groups excluding carboxylic acids is 3. The Balaban J connectivity index is 2.38. The Hall–Kier alpha value is -3.01. The first-order valence-corrected chi connectivity index (χ1v) is 10.5. The van der Waals surface area contributed by atoms with E-state index in [4.69, 9.17) is 18.9 Å². The molecule has 1 N–H and O–H groups in total. The highest BCUT2D eigenvalue weighted by Gasteiger charge is 2.63. The summed E-state index contributed by atoms with van der Waals surface area (Å²) >= 11 is 0. The second-order valence-electron chi connectivity index (χ2n) is 6.45. The maximum atomic E-state index is 12.2. The van der Waals surface area contributed by atoms with Gasteiger partial charge in [-0.2, -0.15) is 9.98 Å². The molecule has 0 unspecified atom stereocenters. The third-order valence-corrected chi connectivity index (χ3v) is 4.70. The van der Waals surface area contributed by atoms with Gasteiger partial charge in [0.2, 0.25) is 16.3 Å². The molecule has 1 aromatic carbocycles. The Morgan fingerprint density at radius 1 is 1.17 bits per heavy atom. The molecule has 0 aliphatic carbocycles. The SMILES string of the molecule is CC(=O)O[C@H]1O[C@H](COC(=O)c2ccccc2)[C@@](C#N)(NS(C)(=O)=O)[C@H]1OC(C)=O. The van der Waals surface area contributed by atoms with Crippen molar-refractivity contribution in [3.05, 3.63) is 35.9 Å². The van der Waals surface area contributed by atoms with E-state index in [0.717, 1.165) is 20.1 Å². The summed E-state index contributed by atoms with van der Waals surface area (Å²) < 4.78 is 46.6.